The summed E-state index contributed by atoms with van der Waals surface area (Å²) >= 11 is 7.95. The Balaban J connectivity index is 2.02. The fourth-order valence-corrected chi connectivity index (χ4v) is 3.29. The van der Waals surface area contributed by atoms with E-state index in [1.54, 1.807) is 17.5 Å². The molecule has 0 radical (unpaired) electrons. The van der Waals surface area contributed by atoms with Crippen molar-refractivity contribution in [1.29, 1.82) is 0 Å². The van der Waals surface area contributed by atoms with Gasteiger partial charge in [0.05, 0.1) is 10.6 Å². The van der Waals surface area contributed by atoms with Crippen LogP contribution in [-0.4, -0.2) is 16.5 Å². The number of halogens is 1. The van der Waals surface area contributed by atoms with Gasteiger partial charge >= 0.3 is 0 Å². The Hall–Kier alpha value is -1.91. The fourth-order valence-electron chi connectivity index (χ4n) is 2.20. The molecule has 0 aliphatic heterocycles. The van der Waals surface area contributed by atoms with Crippen LogP contribution >= 0.6 is 22.9 Å². The summed E-state index contributed by atoms with van der Waals surface area (Å²) in [5.74, 6) is 0. The van der Waals surface area contributed by atoms with E-state index < -0.39 is 0 Å². The molecule has 0 bridgehead atoms. The SMILES string of the molecule is CCCNc1ncc(-c2ncccc2-c2ccccc2Cl)s1. The van der Waals surface area contributed by atoms with E-state index in [4.69, 9.17) is 11.6 Å². The molecule has 0 saturated heterocycles. The van der Waals surface area contributed by atoms with Gasteiger partial charge in [-0.3, -0.25) is 4.98 Å². The van der Waals surface area contributed by atoms with Gasteiger partial charge in [-0.05, 0) is 18.6 Å². The fraction of sp³-hybridized carbons (Fsp3) is 0.176. The van der Waals surface area contributed by atoms with Crippen molar-refractivity contribution in [2.24, 2.45) is 0 Å². The van der Waals surface area contributed by atoms with E-state index in [0.29, 0.717) is 0 Å². The van der Waals surface area contributed by atoms with Crippen molar-refractivity contribution in [2.75, 3.05) is 11.9 Å². The van der Waals surface area contributed by atoms with Crippen LogP contribution in [0.15, 0.2) is 48.8 Å². The predicted molar refractivity (Wildman–Crippen MR) is 94.6 cm³/mol. The number of rotatable bonds is 5. The summed E-state index contributed by atoms with van der Waals surface area (Å²) < 4.78 is 0. The second-order valence-corrected chi connectivity index (χ2v) is 6.27. The number of nitrogens with one attached hydrogen (secondary N) is 1. The van der Waals surface area contributed by atoms with E-state index in [2.05, 4.69) is 22.2 Å². The smallest absolute Gasteiger partial charge is 0.183 e. The molecule has 22 heavy (non-hydrogen) atoms. The highest BCUT2D eigenvalue weighted by atomic mass is 35.5. The maximum atomic E-state index is 6.34. The van der Waals surface area contributed by atoms with Gasteiger partial charge in [-0.2, -0.15) is 0 Å². The summed E-state index contributed by atoms with van der Waals surface area (Å²) in [7, 11) is 0. The number of aromatic nitrogens is 2. The average molecular weight is 330 g/mol. The van der Waals surface area contributed by atoms with Crippen LogP contribution in [0.2, 0.25) is 5.02 Å². The van der Waals surface area contributed by atoms with Crippen LogP contribution in [0.1, 0.15) is 13.3 Å². The summed E-state index contributed by atoms with van der Waals surface area (Å²) in [6.45, 7) is 3.06. The Bertz CT molecular complexity index is 770. The molecule has 3 rings (SSSR count). The quantitative estimate of drug-likeness (QED) is 0.685. The van der Waals surface area contributed by atoms with E-state index in [0.717, 1.165) is 44.8 Å². The standard InChI is InChI=1S/C17H16ClN3S/c1-2-9-20-17-21-11-15(22-17)16-13(7-5-10-19-16)12-6-3-4-8-14(12)18/h3-8,10-11H,2,9H2,1H3,(H,20,21). The molecule has 0 spiro atoms. The molecule has 1 N–H and O–H groups in total. The van der Waals surface area contributed by atoms with Crippen molar-refractivity contribution in [1.82, 2.24) is 9.97 Å². The Morgan fingerprint density at radius 1 is 1.09 bits per heavy atom. The van der Waals surface area contributed by atoms with Gasteiger partial charge in [0, 0.05) is 35.1 Å². The first kappa shape index (κ1) is 15.0. The molecule has 2 heterocycles. The summed E-state index contributed by atoms with van der Waals surface area (Å²) in [5.41, 5.74) is 2.93. The Kier molecular flexibility index (Phi) is 4.71. The van der Waals surface area contributed by atoms with Gasteiger partial charge in [0.25, 0.3) is 0 Å². The molecule has 3 aromatic rings. The first-order chi connectivity index (χ1) is 10.8. The lowest BCUT2D eigenvalue weighted by Gasteiger charge is -2.08. The van der Waals surface area contributed by atoms with Gasteiger partial charge in [-0.1, -0.05) is 54.1 Å². The monoisotopic (exact) mass is 329 g/mol. The van der Waals surface area contributed by atoms with Crippen LogP contribution < -0.4 is 5.32 Å². The molecule has 0 fully saturated rings. The van der Waals surface area contributed by atoms with Gasteiger partial charge in [0.1, 0.15) is 0 Å². The van der Waals surface area contributed by atoms with Crippen LogP contribution in [-0.2, 0) is 0 Å². The normalized spacial score (nSPS) is 10.6. The lowest BCUT2D eigenvalue weighted by molar-refractivity contribution is 0.976. The van der Waals surface area contributed by atoms with Crippen molar-refractivity contribution < 1.29 is 0 Å². The lowest BCUT2D eigenvalue weighted by Crippen LogP contribution is -1.97. The molecule has 0 aliphatic rings. The van der Waals surface area contributed by atoms with Gasteiger partial charge in [0.2, 0.25) is 0 Å². The first-order valence-corrected chi connectivity index (χ1v) is 8.39. The Labute approximate surface area is 139 Å². The zero-order chi connectivity index (χ0) is 15.4. The van der Waals surface area contributed by atoms with Crippen molar-refractivity contribution >= 4 is 28.1 Å². The van der Waals surface area contributed by atoms with Gasteiger partial charge in [-0.15, -0.1) is 0 Å². The number of hydrogen-bond donors (Lipinski definition) is 1. The van der Waals surface area contributed by atoms with E-state index in [1.165, 1.54) is 0 Å². The van der Waals surface area contributed by atoms with Gasteiger partial charge in [0.15, 0.2) is 5.13 Å². The molecule has 0 aliphatic carbocycles. The van der Waals surface area contributed by atoms with Crippen LogP contribution in [0.25, 0.3) is 21.7 Å². The van der Waals surface area contributed by atoms with Crippen LogP contribution in [0.5, 0.6) is 0 Å². The molecule has 1 aromatic carbocycles. The van der Waals surface area contributed by atoms with Crippen molar-refractivity contribution in [3.05, 3.63) is 53.8 Å². The van der Waals surface area contributed by atoms with E-state index in [-0.39, 0.29) is 0 Å². The molecule has 3 nitrogen and oxygen atoms in total. The lowest BCUT2D eigenvalue weighted by atomic mass is 10.0. The zero-order valence-electron chi connectivity index (χ0n) is 12.2. The Morgan fingerprint density at radius 2 is 1.91 bits per heavy atom. The van der Waals surface area contributed by atoms with Crippen molar-refractivity contribution in [3.63, 3.8) is 0 Å². The summed E-state index contributed by atoms with van der Waals surface area (Å²) in [5, 5.41) is 4.96. The molecule has 0 saturated carbocycles. The number of pyridine rings is 1. The van der Waals surface area contributed by atoms with Gasteiger partial charge < -0.3 is 5.32 Å². The maximum Gasteiger partial charge on any atom is 0.183 e. The largest absolute Gasteiger partial charge is 0.362 e. The molecule has 0 amide bonds. The summed E-state index contributed by atoms with van der Waals surface area (Å²) in [4.78, 5) is 10.0. The maximum absolute atomic E-state index is 6.34. The average Bonchev–Trinajstić information content (AvgIpc) is 3.02. The second kappa shape index (κ2) is 6.90. The number of thiazole rings is 1. The van der Waals surface area contributed by atoms with Crippen molar-refractivity contribution in [3.8, 4) is 21.7 Å². The number of hydrogen-bond acceptors (Lipinski definition) is 4. The molecular formula is C17H16ClN3S. The van der Waals surface area contributed by atoms with Crippen LogP contribution in [0.3, 0.4) is 0 Å². The number of benzene rings is 1. The summed E-state index contributed by atoms with van der Waals surface area (Å²) in [6, 6.07) is 11.8. The highest BCUT2D eigenvalue weighted by Gasteiger charge is 2.13. The number of anilines is 1. The topological polar surface area (TPSA) is 37.8 Å². The molecule has 5 heteroatoms. The highest BCUT2D eigenvalue weighted by Crippen LogP contribution is 2.37. The molecule has 112 valence electrons. The van der Waals surface area contributed by atoms with E-state index >= 15 is 0 Å². The number of nitrogens with zero attached hydrogens (tertiary/aromatic N) is 2. The van der Waals surface area contributed by atoms with Crippen molar-refractivity contribution in [2.45, 2.75) is 13.3 Å². The third kappa shape index (κ3) is 3.13. The third-order valence-electron chi connectivity index (χ3n) is 3.24. The molecule has 0 unspecified atom stereocenters. The Morgan fingerprint density at radius 3 is 2.73 bits per heavy atom. The minimum atomic E-state index is 0.727. The summed E-state index contributed by atoms with van der Waals surface area (Å²) in [6.07, 6.45) is 4.74. The van der Waals surface area contributed by atoms with Crippen LogP contribution in [0, 0.1) is 0 Å². The minimum Gasteiger partial charge on any atom is -0.362 e. The van der Waals surface area contributed by atoms with Gasteiger partial charge in [-0.25, -0.2) is 4.98 Å². The molecule has 2 aromatic heterocycles. The van der Waals surface area contributed by atoms with E-state index in [1.807, 2.05) is 42.6 Å². The van der Waals surface area contributed by atoms with E-state index in [9.17, 15) is 0 Å². The molecular weight excluding hydrogens is 314 g/mol. The first-order valence-electron chi connectivity index (χ1n) is 7.19. The highest BCUT2D eigenvalue weighted by molar-refractivity contribution is 7.18. The third-order valence-corrected chi connectivity index (χ3v) is 4.53. The minimum absolute atomic E-state index is 0.727. The molecule has 0 atom stereocenters. The zero-order valence-corrected chi connectivity index (χ0v) is 13.8. The second-order valence-electron chi connectivity index (χ2n) is 4.84. The van der Waals surface area contributed by atoms with Crippen LogP contribution in [0.4, 0.5) is 5.13 Å². The predicted octanol–water partition coefficient (Wildman–Crippen LogP) is 5.35.